The molecule has 0 saturated carbocycles. The Kier molecular flexibility index (Phi) is 8.68. The predicted octanol–water partition coefficient (Wildman–Crippen LogP) is 2.33. The molecule has 1 aromatic rings. The van der Waals surface area contributed by atoms with Crippen LogP contribution in [-0.2, 0) is 30.2 Å². The first-order chi connectivity index (χ1) is 15.9. The molecule has 3 atom stereocenters. The molecule has 3 rings (SSSR count). The minimum Gasteiger partial charge on any atom is -0.491 e. The summed E-state index contributed by atoms with van der Waals surface area (Å²) in [6.45, 7) is 3.62. The lowest BCUT2D eigenvalue weighted by atomic mass is 9.88. The molecule has 1 aromatic carbocycles. The van der Waals surface area contributed by atoms with Crippen molar-refractivity contribution in [2.45, 2.75) is 38.9 Å². The van der Waals surface area contributed by atoms with Crippen molar-refractivity contribution < 1.29 is 38.7 Å². The maximum atomic E-state index is 12.8. The maximum Gasteiger partial charge on any atom is 0.339 e. The second-order valence-electron chi connectivity index (χ2n) is 7.70. The van der Waals surface area contributed by atoms with E-state index >= 15 is 0 Å². The van der Waals surface area contributed by atoms with Gasteiger partial charge in [-0.3, -0.25) is 4.79 Å². The van der Waals surface area contributed by atoms with E-state index in [4.69, 9.17) is 24.1 Å². The number of aliphatic hydroxyl groups is 2. The molecule has 0 aromatic heterocycles. The number of hydrogen-bond acceptors (Lipinski definition) is 8. The highest BCUT2D eigenvalue weighted by Gasteiger charge is 2.32. The molecule has 33 heavy (non-hydrogen) atoms. The second-order valence-corrected chi connectivity index (χ2v) is 7.70. The van der Waals surface area contributed by atoms with Crippen LogP contribution in [-0.4, -0.2) is 60.8 Å². The Labute approximate surface area is 193 Å². The average Bonchev–Trinajstić information content (AvgIpc) is 2.83. The van der Waals surface area contributed by atoms with Crippen molar-refractivity contribution in [2.75, 3.05) is 26.4 Å². The SMILES string of the molecule is CCC(=O)OCC(O)COC1=CC2OC(=O)C(c3ccc(OCCO)cc3CC)=CC2C=C1. The van der Waals surface area contributed by atoms with Crippen molar-refractivity contribution in [3.05, 3.63) is 59.4 Å². The Hall–Kier alpha value is -3.10. The van der Waals surface area contributed by atoms with Crippen molar-refractivity contribution in [1.29, 1.82) is 0 Å². The summed E-state index contributed by atoms with van der Waals surface area (Å²) in [5.41, 5.74) is 2.24. The molecule has 0 bridgehead atoms. The Morgan fingerprint density at radius 2 is 2.00 bits per heavy atom. The predicted molar refractivity (Wildman–Crippen MR) is 120 cm³/mol. The molecular weight excluding hydrogens is 428 g/mol. The highest BCUT2D eigenvalue weighted by atomic mass is 16.6. The van der Waals surface area contributed by atoms with E-state index in [-0.39, 0.29) is 44.7 Å². The van der Waals surface area contributed by atoms with Gasteiger partial charge in [-0.05, 0) is 41.8 Å². The number of allylic oxidation sites excluding steroid dienone is 1. The summed E-state index contributed by atoms with van der Waals surface area (Å²) in [5, 5.41) is 18.9. The largest absolute Gasteiger partial charge is 0.491 e. The zero-order chi connectivity index (χ0) is 23.8. The van der Waals surface area contributed by atoms with Gasteiger partial charge in [0, 0.05) is 12.3 Å². The molecule has 0 amide bonds. The number of rotatable bonds is 11. The molecule has 1 heterocycles. The lowest BCUT2D eigenvalue weighted by Crippen LogP contribution is -2.31. The van der Waals surface area contributed by atoms with Crippen LogP contribution in [0.25, 0.3) is 5.57 Å². The van der Waals surface area contributed by atoms with E-state index in [1.165, 1.54) is 0 Å². The van der Waals surface area contributed by atoms with Gasteiger partial charge in [-0.25, -0.2) is 4.79 Å². The molecule has 1 aliphatic heterocycles. The fourth-order valence-corrected chi connectivity index (χ4v) is 3.56. The third-order valence-electron chi connectivity index (χ3n) is 5.29. The quantitative estimate of drug-likeness (QED) is 0.486. The van der Waals surface area contributed by atoms with Crippen LogP contribution < -0.4 is 4.74 Å². The summed E-state index contributed by atoms with van der Waals surface area (Å²) in [5.74, 6) is 0.162. The number of hydrogen-bond donors (Lipinski definition) is 2. The van der Waals surface area contributed by atoms with E-state index in [1.54, 1.807) is 25.1 Å². The van der Waals surface area contributed by atoms with Gasteiger partial charge in [0.15, 0.2) is 0 Å². The summed E-state index contributed by atoms with van der Waals surface area (Å²) in [6.07, 6.45) is 6.74. The van der Waals surface area contributed by atoms with Gasteiger partial charge in [-0.15, -0.1) is 0 Å². The number of aliphatic hydroxyl groups excluding tert-OH is 2. The van der Waals surface area contributed by atoms with Crippen LogP contribution in [0.4, 0.5) is 0 Å². The van der Waals surface area contributed by atoms with E-state index in [1.807, 2.05) is 31.2 Å². The monoisotopic (exact) mass is 458 g/mol. The molecule has 0 saturated heterocycles. The van der Waals surface area contributed by atoms with E-state index in [2.05, 4.69) is 0 Å². The minimum absolute atomic E-state index is 0.0514. The Balaban J connectivity index is 1.66. The minimum atomic E-state index is -0.954. The standard InChI is InChI=1S/C25H30O8/c1-3-16-11-19(30-10-9-26)7-8-21(16)22-12-17-5-6-20(13-23(17)33-25(22)29)31-14-18(27)15-32-24(28)4-2/h5-8,11-13,17-18,23,26-27H,3-4,9-10,14-15H2,1-2H3. The zero-order valence-corrected chi connectivity index (χ0v) is 18.9. The summed E-state index contributed by atoms with van der Waals surface area (Å²) >= 11 is 0. The Morgan fingerprint density at radius 3 is 2.73 bits per heavy atom. The molecule has 0 radical (unpaired) electrons. The first kappa shape index (κ1) is 24.5. The highest BCUT2D eigenvalue weighted by molar-refractivity contribution is 6.17. The van der Waals surface area contributed by atoms with Crippen molar-refractivity contribution >= 4 is 17.5 Å². The number of benzene rings is 1. The van der Waals surface area contributed by atoms with Crippen LogP contribution in [0, 0.1) is 5.92 Å². The Bertz CT molecular complexity index is 946. The molecule has 3 unspecified atom stereocenters. The number of fused-ring (bicyclic) bond motifs is 1. The fourth-order valence-electron chi connectivity index (χ4n) is 3.56. The van der Waals surface area contributed by atoms with E-state index < -0.39 is 18.2 Å². The van der Waals surface area contributed by atoms with E-state index in [0.29, 0.717) is 23.5 Å². The molecule has 8 heteroatoms. The first-order valence-corrected chi connectivity index (χ1v) is 11.1. The van der Waals surface area contributed by atoms with Crippen LogP contribution in [0.3, 0.4) is 0 Å². The topological polar surface area (TPSA) is 112 Å². The summed E-state index contributed by atoms with van der Waals surface area (Å²) in [7, 11) is 0. The smallest absolute Gasteiger partial charge is 0.339 e. The van der Waals surface area contributed by atoms with Gasteiger partial charge >= 0.3 is 11.9 Å². The third kappa shape index (κ3) is 6.46. The van der Waals surface area contributed by atoms with Gasteiger partial charge in [0.25, 0.3) is 0 Å². The molecule has 0 spiro atoms. The molecule has 8 nitrogen and oxygen atoms in total. The Morgan fingerprint density at radius 1 is 1.18 bits per heavy atom. The van der Waals surface area contributed by atoms with Crippen LogP contribution >= 0.6 is 0 Å². The van der Waals surface area contributed by atoms with Gasteiger partial charge in [0.05, 0.1) is 12.2 Å². The highest BCUT2D eigenvalue weighted by Crippen LogP contribution is 2.34. The van der Waals surface area contributed by atoms with Gasteiger partial charge in [0.1, 0.15) is 43.5 Å². The first-order valence-electron chi connectivity index (χ1n) is 11.1. The van der Waals surface area contributed by atoms with Crippen molar-refractivity contribution in [3.8, 4) is 5.75 Å². The second kappa shape index (κ2) is 11.7. The molecule has 178 valence electrons. The van der Waals surface area contributed by atoms with Crippen LogP contribution in [0.2, 0.25) is 0 Å². The molecule has 1 aliphatic carbocycles. The molecular formula is C25H30O8. The van der Waals surface area contributed by atoms with Crippen molar-refractivity contribution in [3.63, 3.8) is 0 Å². The summed E-state index contributed by atoms with van der Waals surface area (Å²) in [4.78, 5) is 24.0. The maximum absolute atomic E-state index is 12.8. The van der Waals surface area contributed by atoms with Gasteiger partial charge < -0.3 is 29.2 Å². The van der Waals surface area contributed by atoms with E-state index in [0.717, 1.165) is 11.1 Å². The van der Waals surface area contributed by atoms with Gasteiger partial charge in [-0.2, -0.15) is 0 Å². The molecule has 0 fully saturated rings. The van der Waals surface area contributed by atoms with Crippen molar-refractivity contribution in [1.82, 2.24) is 0 Å². The normalized spacial score (nSPS) is 20.2. The van der Waals surface area contributed by atoms with Crippen molar-refractivity contribution in [2.24, 2.45) is 5.92 Å². The number of aryl methyl sites for hydroxylation is 1. The summed E-state index contributed by atoms with van der Waals surface area (Å²) in [6, 6.07) is 5.48. The van der Waals surface area contributed by atoms with Crippen LogP contribution in [0.15, 0.2) is 48.3 Å². The van der Waals surface area contributed by atoms with Crippen LogP contribution in [0.1, 0.15) is 31.4 Å². The number of ether oxygens (including phenoxy) is 4. The number of carbonyl (C=O) groups is 2. The number of esters is 2. The lowest BCUT2D eigenvalue weighted by molar-refractivity contribution is -0.147. The van der Waals surface area contributed by atoms with E-state index in [9.17, 15) is 14.7 Å². The molecule has 2 N–H and O–H groups in total. The lowest BCUT2D eigenvalue weighted by Gasteiger charge is -2.29. The van der Waals surface area contributed by atoms with Gasteiger partial charge in [0.2, 0.25) is 0 Å². The number of carbonyl (C=O) groups excluding carboxylic acids is 2. The average molecular weight is 459 g/mol. The molecule has 2 aliphatic rings. The van der Waals surface area contributed by atoms with Gasteiger partial charge in [-0.1, -0.05) is 32.1 Å². The third-order valence-corrected chi connectivity index (χ3v) is 5.29. The zero-order valence-electron chi connectivity index (χ0n) is 18.9. The van der Waals surface area contributed by atoms with Crippen LogP contribution in [0.5, 0.6) is 5.75 Å². The summed E-state index contributed by atoms with van der Waals surface area (Å²) < 4.78 is 21.6. The fraction of sp³-hybridized carbons (Fsp3) is 0.440.